The summed E-state index contributed by atoms with van der Waals surface area (Å²) in [6.45, 7) is 5.76. The van der Waals surface area contributed by atoms with Crippen molar-refractivity contribution in [2.75, 3.05) is 31.5 Å². The van der Waals surface area contributed by atoms with Gasteiger partial charge in [0.2, 0.25) is 5.91 Å². The first-order valence-corrected chi connectivity index (χ1v) is 9.94. The number of anilines is 1. The lowest BCUT2D eigenvalue weighted by Gasteiger charge is -2.37. The Hall–Kier alpha value is -3.30. The van der Waals surface area contributed by atoms with Gasteiger partial charge in [-0.2, -0.15) is 0 Å². The minimum Gasteiger partial charge on any atom is -0.319 e. The fraction of sp³-hybridized carbons (Fsp3) is 0.333. The summed E-state index contributed by atoms with van der Waals surface area (Å²) in [5.41, 5.74) is 2.09. The van der Waals surface area contributed by atoms with E-state index in [1.54, 1.807) is 18.2 Å². The highest BCUT2D eigenvalue weighted by molar-refractivity contribution is 5.96. The van der Waals surface area contributed by atoms with Crippen LogP contribution in [0.15, 0.2) is 54.9 Å². The van der Waals surface area contributed by atoms with Crippen LogP contribution in [0.5, 0.6) is 0 Å². The van der Waals surface area contributed by atoms with Gasteiger partial charge in [-0.1, -0.05) is 18.2 Å². The second kappa shape index (κ2) is 8.60. The zero-order valence-electron chi connectivity index (χ0n) is 16.8. The Kier molecular flexibility index (Phi) is 5.73. The molecule has 1 aliphatic heterocycles. The average Bonchev–Trinajstić information content (AvgIpc) is 3.16. The number of amides is 1. The van der Waals surface area contributed by atoms with E-state index in [9.17, 15) is 14.9 Å². The van der Waals surface area contributed by atoms with E-state index in [2.05, 4.69) is 20.1 Å². The number of para-hydroxylation sites is 2. The largest absolute Gasteiger partial charge is 0.319 e. The number of rotatable bonds is 6. The number of hydrogen-bond donors (Lipinski definition) is 1. The maximum Gasteiger partial charge on any atom is 0.292 e. The molecule has 1 aromatic carbocycles. The molecule has 1 atom stereocenters. The number of nitro benzene ring substituents is 1. The Bertz CT molecular complexity index is 1020. The molecule has 2 aromatic heterocycles. The molecule has 3 aromatic rings. The highest BCUT2D eigenvalue weighted by atomic mass is 16.6. The maximum atomic E-state index is 12.7. The van der Waals surface area contributed by atoms with Gasteiger partial charge in [-0.05, 0) is 25.1 Å². The van der Waals surface area contributed by atoms with Crippen LogP contribution >= 0.6 is 0 Å². The monoisotopic (exact) mass is 408 g/mol. The van der Waals surface area contributed by atoms with Gasteiger partial charge in [0.25, 0.3) is 5.69 Å². The van der Waals surface area contributed by atoms with Crippen molar-refractivity contribution in [2.45, 2.75) is 19.5 Å². The standard InChI is InChI=1S/C21H24N6O3/c1-16(21(28)23-18-6-2-3-7-19(18)27(29)30)25-12-10-24(11-13-25)14-17-15-26-9-5-4-8-20(26)22-17/h2-9,15-16H,10-14H2,1H3,(H,23,28)/t16-/m0/s1. The number of nitrogens with one attached hydrogen (secondary N) is 1. The van der Waals surface area contributed by atoms with Crippen molar-refractivity contribution in [2.24, 2.45) is 0 Å². The fourth-order valence-electron chi connectivity index (χ4n) is 3.74. The van der Waals surface area contributed by atoms with Gasteiger partial charge >= 0.3 is 0 Å². The lowest BCUT2D eigenvalue weighted by atomic mass is 10.2. The number of carbonyl (C=O) groups is 1. The number of pyridine rings is 1. The maximum absolute atomic E-state index is 12.7. The fourth-order valence-corrected chi connectivity index (χ4v) is 3.74. The highest BCUT2D eigenvalue weighted by Crippen LogP contribution is 2.23. The highest BCUT2D eigenvalue weighted by Gasteiger charge is 2.27. The van der Waals surface area contributed by atoms with Gasteiger partial charge in [-0.25, -0.2) is 4.98 Å². The quantitative estimate of drug-likeness (QED) is 0.497. The topological polar surface area (TPSA) is 96.0 Å². The van der Waals surface area contributed by atoms with Crippen LogP contribution in [0, 0.1) is 10.1 Å². The van der Waals surface area contributed by atoms with E-state index in [1.807, 2.05) is 41.9 Å². The smallest absolute Gasteiger partial charge is 0.292 e. The van der Waals surface area contributed by atoms with Crippen LogP contribution in [0.4, 0.5) is 11.4 Å². The third kappa shape index (κ3) is 4.32. The molecule has 3 heterocycles. The predicted molar refractivity (Wildman–Crippen MR) is 113 cm³/mol. The zero-order chi connectivity index (χ0) is 21.1. The average molecular weight is 408 g/mol. The Morgan fingerprint density at radius 3 is 2.63 bits per heavy atom. The number of aromatic nitrogens is 2. The minimum absolute atomic E-state index is 0.102. The summed E-state index contributed by atoms with van der Waals surface area (Å²) in [5, 5.41) is 13.9. The van der Waals surface area contributed by atoms with E-state index < -0.39 is 4.92 Å². The number of carbonyl (C=O) groups excluding carboxylic acids is 1. The van der Waals surface area contributed by atoms with Crippen molar-refractivity contribution in [3.63, 3.8) is 0 Å². The molecule has 1 amide bonds. The number of imidazole rings is 1. The van der Waals surface area contributed by atoms with Crippen LogP contribution in [0.2, 0.25) is 0 Å². The molecule has 4 rings (SSSR count). The lowest BCUT2D eigenvalue weighted by Crippen LogP contribution is -2.52. The number of piperazine rings is 1. The molecule has 9 nitrogen and oxygen atoms in total. The minimum atomic E-state index is -0.488. The van der Waals surface area contributed by atoms with Gasteiger partial charge in [0.05, 0.1) is 16.7 Å². The molecule has 0 aliphatic carbocycles. The van der Waals surface area contributed by atoms with Crippen LogP contribution in [0.3, 0.4) is 0 Å². The number of benzene rings is 1. The summed E-state index contributed by atoms with van der Waals surface area (Å²) in [6.07, 6.45) is 4.03. The number of nitro groups is 1. The summed E-state index contributed by atoms with van der Waals surface area (Å²) >= 11 is 0. The van der Waals surface area contributed by atoms with Gasteiger partial charge in [-0.3, -0.25) is 24.7 Å². The Balaban J connectivity index is 1.32. The third-order valence-electron chi connectivity index (χ3n) is 5.49. The van der Waals surface area contributed by atoms with E-state index in [0.717, 1.165) is 44.1 Å². The molecule has 0 spiro atoms. The van der Waals surface area contributed by atoms with E-state index in [1.165, 1.54) is 6.07 Å². The van der Waals surface area contributed by atoms with Crippen LogP contribution in [0.25, 0.3) is 5.65 Å². The zero-order valence-corrected chi connectivity index (χ0v) is 16.8. The van der Waals surface area contributed by atoms with E-state index in [-0.39, 0.29) is 23.3 Å². The molecule has 156 valence electrons. The summed E-state index contributed by atoms with van der Waals surface area (Å²) < 4.78 is 2.01. The van der Waals surface area contributed by atoms with Gasteiger partial charge in [-0.15, -0.1) is 0 Å². The Labute approximate surface area is 174 Å². The SMILES string of the molecule is C[C@@H](C(=O)Nc1ccccc1[N+](=O)[O-])N1CCN(Cc2cn3ccccc3n2)CC1. The van der Waals surface area contributed by atoms with Crippen LogP contribution < -0.4 is 5.32 Å². The van der Waals surface area contributed by atoms with Crippen LogP contribution in [-0.4, -0.2) is 62.2 Å². The molecule has 1 saturated heterocycles. The summed E-state index contributed by atoms with van der Waals surface area (Å²) in [7, 11) is 0. The Morgan fingerprint density at radius 1 is 1.17 bits per heavy atom. The molecule has 0 unspecified atom stereocenters. The first-order chi connectivity index (χ1) is 14.5. The van der Waals surface area contributed by atoms with Crippen LogP contribution in [0.1, 0.15) is 12.6 Å². The van der Waals surface area contributed by atoms with Crippen LogP contribution in [-0.2, 0) is 11.3 Å². The molecule has 1 fully saturated rings. The second-order valence-electron chi connectivity index (χ2n) is 7.45. The Morgan fingerprint density at radius 2 is 1.90 bits per heavy atom. The van der Waals surface area contributed by atoms with Gasteiger partial charge in [0, 0.05) is 51.2 Å². The molecule has 1 N–H and O–H groups in total. The van der Waals surface area contributed by atoms with Crippen molar-refractivity contribution in [3.05, 3.63) is 70.7 Å². The first kappa shape index (κ1) is 20.0. The molecule has 9 heteroatoms. The van der Waals surface area contributed by atoms with Crippen molar-refractivity contribution in [3.8, 4) is 0 Å². The summed E-state index contributed by atoms with van der Waals surface area (Å²) in [5.74, 6) is -0.238. The predicted octanol–water partition coefficient (Wildman–Crippen LogP) is 2.39. The first-order valence-electron chi connectivity index (χ1n) is 9.94. The van der Waals surface area contributed by atoms with Crippen molar-refractivity contribution in [1.29, 1.82) is 0 Å². The number of fused-ring (bicyclic) bond motifs is 1. The molecular formula is C21H24N6O3. The third-order valence-corrected chi connectivity index (χ3v) is 5.49. The second-order valence-corrected chi connectivity index (χ2v) is 7.45. The number of hydrogen-bond acceptors (Lipinski definition) is 6. The molecule has 30 heavy (non-hydrogen) atoms. The summed E-state index contributed by atoms with van der Waals surface area (Å²) in [4.78, 5) is 32.4. The van der Waals surface area contributed by atoms with Crippen molar-refractivity contribution < 1.29 is 9.72 Å². The molecule has 0 bridgehead atoms. The lowest BCUT2D eigenvalue weighted by molar-refractivity contribution is -0.383. The van der Waals surface area contributed by atoms with E-state index in [0.29, 0.717) is 0 Å². The van der Waals surface area contributed by atoms with Crippen molar-refractivity contribution >= 4 is 22.9 Å². The summed E-state index contributed by atoms with van der Waals surface area (Å²) in [6, 6.07) is 11.8. The van der Waals surface area contributed by atoms with Crippen molar-refractivity contribution in [1.82, 2.24) is 19.2 Å². The van der Waals surface area contributed by atoms with Gasteiger partial charge in [0.15, 0.2) is 0 Å². The normalized spacial score (nSPS) is 16.4. The van der Waals surface area contributed by atoms with E-state index in [4.69, 9.17) is 0 Å². The molecular weight excluding hydrogens is 384 g/mol. The van der Waals surface area contributed by atoms with Gasteiger partial charge in [0.1, 0.15) is 11.3 Å². The number of nitrogens with zero attached hydrogens (tertiary/aromatic N) is 5. The van der Waals surface area contributed by atoms with Gasteiger partial charge < -0.3 is 9.72 Å². The molecule has 0 saturated carbocycles. The van der Waals surface area contributed by atoms with E-state index >= 15 is 0 Å². The molecule has 1 aliphatic rings. The molecule has 0 radical (unpaired) electrons.